The maximum atomic E-state index is 13.9. The molecule has 0 saturated carbocycles. The molecular weight excluding hydrogens is 473 g/mol. The standard InChI is InChI=1S/C27H21ClFNO5/c1-33-21-8-6-15(12-22(21)34-2)10-11-30-24(16-4-3-5-17(28)13-16)23-25(31)19-14-18(29)7-9-20(19)35-26(23)27(30)32/h3-9,12-14,24H,10-11H2,1-2H3/t24-/m1/s1. The summed E-state index contributed by atoms with van der Waals surface area (Å²) in [6.07, 6.45) is 0.486. The van der Waals surface area contributed by atoms with Crippen LogP contribution in [0.3, 0.4) is 0 Å². The lowest BCUT2D eigenvalue weighted by atomic mass is 9.98. The van der Waals surface area contributed by atoms with E-state index in [1.807, 2.05) is 12.1 Å². The van der Waals surface area contributed by atoms with Gasteiger partial charge in [-0.25, -0.2) is 4.39 Å². The average molecular weight is 494 g/mol. The van der Waals surface area contributed by atoms with Crippen LogP contribution in [0, 0.1) is 5.82 Å². The molecule has 0 fully saturated rings. The van der Waals surface area contributed by atoms with Crippen molar-refractivity contribution in [1.82, 2.24) is 4.90 Å². The molecule has 6 nitrogen and oxygen atoms in total. The Hall–Kier alpha value is -3.84. The highest BCUT2D eigenvalue weighted by atomic mass is 35.5. The molecule has 35 heavy (non-hydrogen) atoms. The summed E-state index contributed by atoms with van der Waals surface area (Å²) in [5.74, 6) is 0.183. The quantitative estimate of drug-likeness (QED) is 0.360. The van der Waals surface area contributed by atoms with Gasteiger partial charge < -0.3 is 18.8 Å². The van der Waals surface area contributed by atoms with Crippen molar-refractivity contribution in [3.63, 3.8) is 0 Å². The Balaban J connectivity index is 1.59. The number of carbonyl (C=O) groups is 1. The monoisotopic (exact) mass is 493 g/mol. The SMILES string of the molecule is COc1ccc(CCN2C(=O)c3oc4ccc(F)cc4c(=O)c3[C@H]2c2cccc(Cl)c2)cc1OC. The maximum absolute atomic E-state index is 13.9. The Labute approximate surface area is 205 Å². The first-order valence-electron chi connectivity index (χ1n) is 10.9. The number of nitrogens with zero attached hydrogens (tertiary/aromatic N) is 1. The second-order valence-corrected chi connectivity index (χ2v) is 8.65. The third-order valence-corrected chi connectivity index (χ3v) is 6.42. The highest BCUT2D eigenvalue weighted by Gasteiger charge is 2.42. The van der Waals surface area contributed by atoms with Gasteiger partial charge in [0, 0.05) is 11.6 Å². The van der Waals surface area contributed by atoms with Crippen molar-refractivity contribution in [1.29, 1.82) is 0 Å². The fourth-order valence-corrected chi connectivity index (χ4v) is 4.73. The number of methoxy groups -OCH3 is 2. The smallest absolute Gasteiger partial charge is 0.290 e. The van der Waals surface area contributed by atoms with Gasteiger partial charge in [-0.3, -0.25) is 9.59 Å². The lowest BCUT2D eigenvalue weighted by Crippen LogP contribution is -2.31. The zero-order valence-electron chi connectivity index (χ0n) is 19.0. The minimum absolute atomic E-state index is 0.0357. The largest absolute Gasteiger partial charge is 0.493 e. The number of halogens is 2. The van der Waals surface area contributed by atoms with Crippen molar-refractivity contribution in [2.45, 2.75) is 12.5 Å². The minimum atomic E-state index is -0.722. The van der Waals surface area contributed by atoms with Crippen LogP contribution in [0.2, 0.25) is 5.02 Å². The van der Waals surface area contributed by atoms with Gasteiger partial charge >= 0.3 is 0 Å². The molecule has 0 radical (unpaired) electrons. The fraction of sp³-hybridized carbons (Fsp3) is 0.185. The van der Waals surface area contributed by atoms with Crippen LogP contribution < -0.4 is 14.9 Å². The van der Waals surface area contributed by atoms with Crippen molar-refractivity contribution in [3.05, 3.63) is 104 Å². The summed E-state index contributed by atoms with van der Waals surface area (Å²) in [6, 6.07) is 15.5. The maximum Gasteiger partial charge on any atom is 0.290 e. The van der Waals surface area contributed by atoms with E-state index in [2.05, 4.69) is 0 Å². The van der Waals surface area contributed by atoms with E-state index in [1.54, 1.807) is 49.5 Å². The topological polar surface area (TPSA) is 69.0 Å². The number of fused-ring (bicyclic) bond motifs is 2. The van der Waals surface area contributed by atoms with E-state index in [9.17, 15) is 14.0 Å². The molecule has 0 spiro atoms. The van der Waals surface area contributed by atoms with Gasteiger partial charge in [-0.1, -0.05) is 29.8 Å². The van der Waals surface area contributed by atoms with Gasteiger partial charge in [-0.05, 0) is 60.0 Å². The van der Waals surface area contributed by atoms with Gasteiger partial charge in [0.2, 0.25) is 5.76 Å². The van der Waals surface area contributed by atoms with Crippen molar-refractivity contribution >= 4 is 28.5 Å². The van der Waals surface area contributed by atoms with Crippen LogP contribution in [0.1, 0.15) is 33.3 Å². The average Bonchev–Trinajstić information content (AvgIpc) is 3.14. The molecule has 8 heteroatoms. The first kappa shape index (κ1) is 22.9. The van der Waals surface area contributed by atoms with E-state index in [1.165, 1.54) is 12.1 Å². The predicted molar refractivity (Wildman–Crippen MR) is 130 cm³/mol. The van der Waals surface area contributed by atoms with Gasteiger partial charge in [0.1, 0.15) is 11.4 Å². The second-order valence-electron chi connectivity index (χ2n) is 8.21. The van der Waals surface area contributed by atoms with E-state index in [0.717, 1.165) is 11.6 Å². The Bertz CT molecular complexity index is 1520. The van der Waals surface area contributed by atoms with Crippen molar-refractivity contribution < 1.29 is 23.1 Å². The molecule has 5 rings (SSSR count). The summed E-state index contributed by atoms with van der Waals surface area (Å²) in [6.45, 7) is 0.292. The molecule has 3 aromatic carbocycles. The van der Waals surface area contributed by atoms with Crippen LogP contribution in [0.5, 0.6) is 11.5 Å². The van der Waals surface area contributed by atoms with E-state index in [0.29, 0.717) is 35.1 Å². The van der Waals surface area contributed by atoms with Gasteiger partial charge in [0.15, 0.2) is 16.9 Å². The van der Waals surface area contributed by atoms with E-state index in [-0.39, 0.29) is 22.3 Å². The van der Waals surface area contributed by atoms with Gasteiger partial charge in [0.25, 0.3) is 5.91 Å². The Morgan fingerprint density at radius 1 is 1.00 bits per heavy atom. The molecule has 1 aliphatic heterocycles. The van der Waals surface area contributed by atoms with E-state index < -0.39 is 23.2 Å². The number of hydrogen-bond acceptors (Lipinski definition) is 5. The molecule has 178 valence electrons. The zero-order valence-corrected chi connectivity index (χ0v) is 19.8. The molecule has 1 aromatic heterocycles. The van der Waals surface area contributed by atoms with Gasteiger partial charge in [-0.2, -0.15) is 0 Å². The van der Waals surface area contributed by atoms with Crippen molar-refractivity contribution in [2.24, 2.45) is 0 Å². The van der Waals surface area contributed by atoms with Crippen molar-refractivity contribution in [2.75, 3.05) is 20.8 Å². The Morgan fingerprint density at radius 3 is 2.54 bits per heavy atom. The van der Waals surface area contributed by atoms with Crippen LogP contribution in [0.25, 0.3) is 11.0 Å². The summed E-state index contributed by atoms with van der Waals surface area (Å²) < 4.78 is 30.5. The molecule has 0 saturated heterocycles. The van der Waals surface area contributed by atoms with Gasteiger partial charge in [0.05, 0.1) is 31.2 Å². The summed E-state index contributed by atoms with van der Waals surface area (Å²) >= 11 is 6.24. The number of amides is 1. The number of benzene rings is 3. The molecule has 2 heterocycles. The summed E-state index contributed by atoms with van der Waals surface area (Å²) in [5, 5.41) is 0.560. The molecule has 0 N–H and O–H groups in total. The molecule has 1 aliphatic rings. The van der Waals surface area contributed by atoms with E-state index >= 15 is 0 Å². The zero-order chi connectivity index (χ0) is 24.7. The number of hydrogen-bond donors (Lipinski definition) is 0. The first-order chi connectivity index (χ1) is 16.9. The Kier molecular flexibility index (Phi) is 5.94. The molecule has 1 amide bonds. The number of rotatable bonds is 6. The summed E-state index contributed by atoms with van der Waals surface area (Å²) in [5.41, 5.74) is 1.49. The third kappa shape index (κ3) is 4.02. The van der Waals surface area contributed by atoms with Gasteiger partial charge in [-0.15, -0.1) is 0 Å². The molecule has 0 bridgehead atoms. The van der Waals surface area contributed by atoms with Crippen molar-refractivity contribution in [3.8, 4) is 11.5 Å². The Morgan fingerprint density at radius 2 is 1.80 bits per heavy atom. The van der Waals surface area contributed by atoms with Crippen LogP contribution in [-0.2, 0) is 6.42 Å². The first-order valence-corrected chi connectivity index (χ1v) is 11.3. The highest BCUT2D eigenvalue weighted by Crippen LogP contribution is 2.39. The van der Waals surface area contributed by atoms with Crippen LogP contribution >= 0.6 is 11.6 Å². The fourth-order valence-electron chi connectivity index (χ4n) is 4.53. The van der Waals surface area contributed by atoms with E-state index in [4.69, 9.17) is 25.5 Å². The summed E-state index contributed by atoms with van der Waals surface area (Å²) in [7, 11) is 3.12. The molecule has 4 aromatic rings. The molecule has 0 unspecified atom stereocenters. The minimum Gasteiger partial charge on any atom is -0.493 e. The second kappa shape index (κ2) is 9.07. The third-order valence-electron chi connectivity index (χ3n) is 6.18. The molecular formula is C27H21ClFNO5. The summed E-state index contributed by atoms with van der Waals surface area (Å²) in [4.78, 5) is 28.6. The van der Waals surface area contributed by atoms with Crippen LogP contribution in [0.4, 0.5) is 4.39 Å². The van der Waals surface area contributed by atoms with Crippen LogP contribution in [-0.4, -0.2) is 31.6 Å². The number of carbonyl (C=O) groups excluding carboxylic acids is 1. The number of ether oxygens (including phenoxy) is 2. The lowest BCUT2D eigenvalue weighted by molar-refractivity contribution is 0.0730. The van der Waals surface area contributed by atoms with Crippen LogP contribution in [0.15, 0.2) is 69.9 Å². The molecule has 0 aliphatic carbocycles. The highest BCUT2D eigenvalue weighted by molar-refractivity contribution is 6.30. The normalized spacial score (nSPS) is 14.9. The molecule has 1 atom stereocenters. The predicted octanol–water partition coefficient (Wildman–Crippen LogP) is 5.39. The lowest BCUT2D eigenvalue weighted by Gasteiger charge is -2.25.